The Balaban J connectivity index is 9.42. The van der Waals surface area contributed by atoms with Gasteiger partial charge in [0.1, 0.15) is 0 Å². The normalized spacial score (nSPS) is 16.1. The molecule has 0 aliphatic carbocycles. The van der Waals surface area contributed by atoms with E-state index in [9.17, 15) is 79.0 Å². The van der Waals surface area contributed by atoms with Crippen molar-refractivity contribution in [1.82, 2.24) is 0 Å². The van der Waals surface area contributed by atoms with Crippen LogP contribution in [0.4, 0.5) is 149 Å². The Labute approximate surface area is 423 Å². The van der Waals surface area contributed by atoms with E-state index in [0.717, 1.165) is 21.3 Å². The van der Waals surface area contributed by atoms with Crippen molar-refractivity contribution in [2.75, 3.05) is 41.2 Å². The fourth-order valence-electron chi connectivity index (χ4n) is 7.42. The summed E-state index contributed by atoms with van der Waals surface area (Å²) in [6.07, 6.45) is -37.8. The summed E-state index contributed by atoms with van der Waals surface area (Å²) in [5.41, 5.74) is -7.97. The molecule has 0 aromatic heterocycles. The maximum atomic E-state index is 17.3. The highest BCUT2D eigenvalue weighted by Gasteiger charge is 3.02. The van der Waals surface area contributed by atoms with E-state index in [-0.39, 0.29) is 20.8 Å². The van der Waals surface area contributed by atoms with Gasteiger partial charge in [0.2, 0.25) is 0 Å². The zero-order valence-corrected chi connectivity index (χ0v) is 40.7. The van der Waals surface area contributed by atoms with Gasteiger partial charge in [-0.25, -0.2) is 0 Å². The first kappa shape index (κ1) is 76.4. The maximum Gasteiger partial charge on any atom is 0.389 e. The lowest BCUT2D eigenvalue weighted by Crippen LogP contribution is -2.83. The summed E-state index contributed by atoms with van der Waals surface area (Å²) in [7, 11) is 2.71. The molecule has 0 radical (unpaired) electrons. The van der Waals surface area contributed by atoms with Crippen molar-refractivity contribution in [2.45, 2.75) is 199 Å². The van der Waals surface area contributed by atoms with Crippen LogP contribution in [0.3, 0.4) is 0 Å². The van der Waals surface area contributed by atoms with Crippen LogP contribution in [0.5, 0.6) is 0 Å². The fraction of sp³-hybridized carbons (Fsp3) is 1.00. The third-order valence-electron chi connectivity index (χ3n) is 11.9. The number of unbranched alkanes of at least 4 members (excludes halogenated alkanes) is 4. The molecule has 0 saturated carbocycles. The van der Waals surface area contributed by atoms with Gasteiger partial charge in [0.05, 0.1) is 0 Å². The Hall–Kier alpha value is -2.62. The summed E-state index contributed by atoms with van der Waals surface area (Å²) in [6.45, 7) is -6.13. The van der Waals surface area contributed by atoms with Crippen molar-refractivity contribution in [2.24, 2.45) is 5.41 Å². The Morgan fingerprint density at radius 2 is 0.456 bits per heavy atom. The molecule has 0 aromatic carbocycles. The molecule has 0 aliphatic rings. The highest BCUT2D eigenvalue weighted by atomic mass is 19.4. The molecule has 0 spiro atoms. The van der Waals surface area contributed by atoms with E-state index in [4.69, 9.17) is 14.2 Å². The van der Waals surface area contributed by atoms with E-state index < -0.39 is 203 Å². The van der Waals surface area contributed by atoms with Gasteiger partial charge in [0.25, 0.3) is 5.97 Å². The minimum absolute atomic E-state index is 0.0961. The Kier molecular flexibility index (Phi) is 23.4. The molecule has 0 atom stereocenters. The first-order chi connectivity index (χ1) is 34.7. The van der Waals surface area contributed by atoms with Crippen molar-refractivity contribution in [3.8, 4) is 0 Å². The largest absolute Gasteiger partial charge is 0.389 e. The minimum atomic E-state index is -9.77. The Bertz CT molecular complexity index is 1780. The van der Waals surface area contributed by atoms with E-state index in [2.05, 4.69) is 14.2 Å². The van der Waals surface area contributed by atoms with Crippen LogP contribution in [-0.2, 0) is 28.4 Å². The van der Waals surface area contributed by atoms with Crippen molar-refractivity contribution < 1.29 is 178 Å². The van der Waals surface area contributed by atoms with Crippen LogP contribution in [0.2, 0.25) is 0 Å². The van der Waals surface area contributed by atoms with Gasteiger partial charge >= 0.3 is 101 Å². The lowest BCUT2D eigenvalue weighted by molar-refractivity contribution is -0.541. The average molecular weight is 1260 g/mol. The molecule has 0 fully saturated rings. The SMILES string of the molecule is CCOC(OCC)(OCC)C(CCCCCCCC(OC)(OC)OC)(C(F)(F)C(F)(F)C(F)(F)C(F)(F)C(F)(F)C(F)(F)C(F)(F)CCC(F)(F)F)C(F)(F)C(F)(F)C(F)(F)C(F)(F)C(F)(F)C(F)(F)C(F)(F)CCC(F)(F)F. The van der Waals surface area contributed by atoms with Crippen LogP contribution < -0.4 is 0 Å². The molecule has 0 amide bonds. The lowest BCUT2D eigenvalue weighted by Gasteiger charge is -2.58. The Morgan fingerprint density at radius 3 is 0.684 bits per heavy atom. The van der Waals surface area contributed by atoms with Crippen LogP contribution in [-0.4, -0.2) is 148 Å². The summed E-state index contributed by atoms with van der Waals surface area (Å²) >= 11 is 0. The predicted octanol–water partition coefficient (Wildman–Crippen LogP) is 16.6. The molecule has 0 bridgehead atoms. The average Bonchev–Trinajstić information content (AvgIpc) is 3.28. The van der Waals surface area contributed by atoms with Gasteiger partial charge in [-0.05, 0) is 33.6 Å². The van der Waals surface area contributed by atoms with Crippen molar-refractivity contribution in [1.29, 1.82) is 0 Å². The molecule has 0 saturated heterocycles. The van der Waals surface area contributed by atoms with E-state index in [1.807, 2.05) is 0 Å². The number of alkyl halides is 34. The molecule has 0 aromatic rings. The second-order valence-corrected chi connectivity index (χ2v) is 16.9. The highest BCUT2D eigenvalue weighted by molar-refractivity contribution is 5.25. The number of rotatable bonds is 36. The van der Waals surface area contributed by atoms with Crippen LogP contribution in [0.25, 0.3) is 0 Å². The molecule has 0 aliphatic heterocycles. The van der Waals surface area contributed by atoms with Crippen molar-refractivity contribution in [3.63, 3.8) is 0 Å². The standard InChI is InChI=1S/C39H46F34O6/c1-7-77-39(78-8-2,79-9-3)21(15-13-11-10-12-14-16-26(74-4,75-5)76-6,27(50,51)31(58,59)35(66,67)37(70,71)33(62,63)29(54,55)22(40,41)17-19-24(44,45)46)28(52,53)32(60,61)36(68,69)38(72,73)34(64,65)30(56,57)23(42,43)18-20-25(47,48)49/h7-20H2,1-6H3. The zero-order chi connectivity index (χ0) is 63.6. The zero-order valence-electron chi connectivity index (χ0n) is 40.7. The molecule has 79 heavy (non-hydrogen) atoms. The number of ether oxygens (including phenoxy) is 6. The van der Waals surface area contributed by atoms with Crippen molar-refractivity contribution in [3.05, 3.63) is 0 Å². The van der Waals surface area contributed by atoms with E-state index >= 15 is 70.2 Å². The summed E-state index contributed by atoms with van der Waals surface area (Å²) in [5.74, 6) is -136. The van der Waals surface area contributed by atoms with Gasteiger partial charge < -0.3 is 28.4 Å². The van der Waals surface area contributed by atoms with Crippen LogP contribution in [0, 0.1) is 5.41 Å². The van der Waals surface area contributed by atoms with E-state index in [1.54, 1.807) is 0 Å². The van der Waals surface area contributed by atoms with Gasteiger partial charge in [-0.3, -0.25) is 0 Å². The van der Waals surface area contributed by atoms with Gasteiger partial charge in [0.15, 0.2) is 5.41 Å². The molecular formula is C39H46F34O6. The van der Waals surface area contributed by atoms with Crippen LogP contribution in [0.15, 0.2) is 0 Å². The van der Waals surface area contributed by atoms with Crippen molar-refractivity contribution >= 4 is 0 Å². The van der Waals surface area contributed by atoms with E-state index in [0.29, 0.717) is 0 Å². The molecule has 0 N–H and O–H groups in total. The lowest BCUT2D eigenvalue weighted by atomic mass is 9.62. The van der Waals surface area contributed by atoms with Gasteiger partial charge in [-0.1, -0.05) is 25.7 Å². The molecule has 40 heteroatoms. The predicted molar refractivity (Wildman–Crippen MR) is 196 cm³/mol. The summed E-state index contributed by atoms with van der Waals surface area (Å²) in [6, 6.07) is 0. The second kappa shape index (κ2) is 24.2. The molecule has 0 unspecified atom stereocenters. The number of methoxy groups -OCH3 is 3. The third kappa shape index (κ3) is 12.6. The second-order valence-electron chi connectivity index (χ2n) is 16.9. The monoisotopic (exact) mass is 1260 g/mol. The molecular weight excluding hydrogens is 1210 g/mol. The van der Waals surface area contributed by atoms with Gasteiger partial charge in [0, 0.05) is 73.3 Å². The third-order valence-corrected chi connectivity index (χ3v) is 11.9. The first-order valence-corrected chi connectivity index (χ1v) is 21.7. The highest BCUT2D eigenvalue weighted by Crippen LogP contribution is 2.74. The number of halogens is 34. The molecule has 6 nitrogen and oxygen atoms in total. The molecule has 476 valence electrons. The molecule has 0 rings (SSSR count). The van der Waals surface area contributed by atoms with Crippen LogP contribution in [0.1, 0.15) is 91.4 Å². The first-order valence-electron chi connectivity index (χ1n) is 21.7. The summed E-state index contributed by atoms with van der Waals surface area (Å²) < 4.78 is 535. The summed E-state index contributed by atoms with van der Waals surface area (Å²) in [5, 5.41) is 0. The maximum absolute atomic E-state index is 17.3. The quantitative estimate of drug-likeness (QED) is 0.0354. The van der Waals surface area contributed by atoms with Gasteiger partial charge in [-0.2, -0.15) is 149 Å². The smallest absolute Gasteiger partial charge is 0.331 e. The number of hydrogen-bond acceptors (Lipinski definition) is 6. The Morgan fingerprint density at radius 1 is 0.241 bits per heavy atom. The van der Waals surface area contributed by atoms with Gasteiger partial charge in [-0.15, -0.1) is 0 Å². The minimum Gasteiger partial charge on any atom is -0.331 e. The molecule has 0 heterocycles. The fourth-order valence-corrected chi connectivity index (χ4v) is 7.42. The van der Waals surface area contributed by atoms with Crippen LogP contribution >= 0.6 is 0 Å². The summed E-state index contributed by atoms with van der Waals surface area (Å²) in [4.78, 5) is 0. The van der Waals surface area contributed by atoms with E-state index in [1.165, 1.54) is 0 Å². The topological polar surface area (TPSA) is 55.4 Å². The number of hydrogen-bond donors (Lipinski definition) is 0.